The van der Waals surface area contributed by atoms with Crippen molar-refractivity contribution in [2.24, 2.45) is 0 Å². The van der Waals surface area contributed by atoms with E-state index in [1.54, 1.807) is 6.08 Å². The minimum absolute atomic E-state index is 0.194. The fraction of sp³-hybridized carbons (Fsp3) is 0.839. The van der Waals surface area contributed by atoms with Crippen LogP contribution in [0.5, 0.6) is 0 Å². The Morgan fingerprint density at radius 1 is 0.508 bits per heavy atom. The Balaban J connectivity index is 2.30. The minimum Gasteiger partial charge on any atom is -0.394 e. The Bertz CT molecular complexity index is 1160. The lowest BCUT2D eigenvalue weighted by molar-refractivity contribution is -0.302. The molecule has 1 amide bonds. The monoisotopic (exact) mass is 918 g/mol. The molecule has 0 radical (unpaired) electrons. The molecule has 1 saturated heterocycles. The van der Waals surface area contributed by atoms with E-state index in [0.29, 0.717) is 6.42 Å². The van der Waals surface area contributed by atoms with E-state index in [0.717, 1.165) is 57.8 Å². The molecule has 0 aromatic heterocycles. The number of nitrogens with one attached hydrogen (secondary N) is 1. The van der Waals surface area contributed by atoms with Crippen molar-refractivity contribution in [3.8, 4) is 0 Å². The van der Waals surface area contributed by atoms with E-state index in [4.69, 9.17) is 9.47 Å². The summed E-state index contributed by atoms with van der Waals surface area (Å²) < 4.78 is 11.2. The van der Waals surface area contributed by atoms with Crippen LogP contribution < -0.4 is 5.32 Å². The largest absolute Gasteiger partial charge is 0.394 e. The molecule has 65 heavy (non-hydrogen) atoms. The van der Waals surface area contributed by atoms with Crippen LogP contribution in [-0.4, -0.2) is 87.5 Å². The first kappa shape index (κ1) is 61.2. The maximum atomic E-state index is 13.0. The third-order valence-corrected chi connectivity index (χ3v) is 12.9. The molecule has 1 heterocycles. The van der Waals surface area contributed by atoms with Crippen molar-refractivity contribution in [2.45, 2.75) is 288 Å². The van der Waals surface area contributed by atoms with E-state index in [1.165, 1.54) is 167 Å². The number of allylic oxidation sites excluding steroid dienone is 7. The summed E-state index contributed by atoms with van der Waals surface area (Å²) in [5, 5.41) is 54.4. The van der Waals surface area contributed by atoms with Crippen molar-refractivity contribution < 1.29 is 39.8 Å². The Labute approximate surface area is 399 Å². The first-order chi connectivity index (χ1) is 31.8. The maximum Gasteiger partial charge on any atom is 0.220 e. The highest BCUT2D eigenvalue weighted by molar-refractivity contribution is 5.76. The highest BCUT2D eigenvalue weighted by Gasteiger charge is 2.44. The minimum atomic E-state index is -1.58. The first-order valence-electron chi connectivity index (χ1n) is 27.4. The van der Waals surface area contributed by atoms with Gasteiger partial charge in [-0.2, -0.15) is 0 Å². The number of ether oxygens (including phenoxy) is 2. The average molecular weight is 918 g/mol. The number of carbonyl (C=O) groups excluding carboxylic acids is 1. The molecule has 1 aliphatic rings. The Hall–Kier alpha value is -1.85. The van der Waals surface area contributed by atoms with Crippen LogP contribution in [0.2, 0.25) is 0 Å². The number of unbranched alkanes of at least 4 members (excludes halogenated alkanes) is 30. The Kier molecular flexibility index (Phi) is 43.2. The number of aliphatic hydroxyl groups excluding tert-OH is 5. The molecule has 6 N–H and O–H groups in total. The van der Waals surface area contributed by atoms with Gasteiger partial charge in [0.25, 0.3) is 0 Å². The van der Waals surface area contributed by atoms with Crippen molar-refractivity contribution in [3.05, 3.63) is 48.6 Å². The van der Waals surface area contributed by atoms with E-state index in [1.807, 2.05) is 6.08 Å². The van der Waals surface area contributed by atoms with Gasteiger partial charge in [0.1, 0.15) is 24.4 Å². The summed E-state index contributed by atoms with van der Waals surface area (Å²) in [6.07, 6.45) is 53.1. The van der Waals surface area contributed by atoms with Gasteiger partial charge in [0.2, 0.25) is 5.91 Å². The third-order valence-electron chi connectivity index (χ3n) is 12.9. The van der Waals surface area contributed by atoms with Crippen molar-refractivity contribution in [1.29, 1.82) is 0 Å². The molecular formula is C56H103NO8. The normalized spacial score (nSPS) is 20.3. The molecule has 1 aliphatic heterocycles. The van der Waals surface area contributed by atoms with E-state index in [9.17, 15) is 30.3 Å². The Morgan fingerprint density at radius 3 is 1.29 bits per heavy atom. The summed E-state index contributed by atoms with van der Waals surface area (Å²) >= 11 is 0. The van der Waals surface area contributed by atoms with Gasteiger partial charge >= 0.3 is 0 Å². The molecule has 7 atom stereocenters. The molecule has 0 bridgehead atoms. The molecule has 0 aromatic rings. The highest BCUT2D eigenvalue weighted by Crippen LogP contribution is 2.23. The molecule has 1 fully saturated rings. The summed E-state index contributed by atoms with van der Waals surface area (Å²) in [4.78, 5) is 13.0. The lowest BCUT2D eigenvalue weighted by Gasteiger charge is -2.40. The topological polar surface area (TPSA) is 149 Å². The Morgan fingerprint density at radius 2 is 0.877 bits per heavy atom. The predicted molar refractivity (Wildman–Crippen MR) is 272 cm³/mol. The summed E-state index contributed by atoms with van der Waals surface area (Å²) in [5.74, 6) is -0.194. The summed E-state index contributed by atoms with van der Waals surface area (Å²) in [6, 6.07) is -0.831. The summed E-state index contributed by atoms with van der Waals surface area (Å²) in [7, 11) is 0. The van der Waals surface area contributed by atoms with Gasteiger partial charge < -0.3 is 40.3 Å². The predicted octanol–water partition coefficient (Wildman–Crippen LogP) is 13.0. The second-order valence-corrected chi connectivity index (χ2v) is 19.0. The van der Waals surface area contributed by atoms with Crippen LogP contribution >= 0.6 is 0 Å². The van der Waals surface area contributed by atoms with Crippen molar-refractivity contribution in [2.75, 3.05) is 13.2 Å². The number of carbonyl (C=O) groups is 1. The standard InChI is InChI=1S/C56H103NO8/c1-3-5-7-9-11-13-15-17-19-21-23-24-25-26-28-30-32-34-36-38-40-42-44-46-52(60)57-49(48-64-56-55(63)54(62)53(61)51(47-58)65-56)50(59)45-43-41-39-37-35-33-31-29-27-22-20-18-16-14-12-10-8-6-4-2/h26-29,35,37,43,45,49-51,53-56,58-59,61-63H,3-25,30-34,36,38-42,44,46-48H2,1-2H3,(H,57,60)/b28-26-,29-27+,37-35+,45-43+. The number of aliphatic hydroxyl groups is 5. The summed E-state index contributed by atoms with van der Waals surface area (Å²) in [5.41, 5.74) is 0. The van der Waals surface area contributed by atoms with Crippen LogP contribution in [0.3, 0.4) is 0 Å². The van der Waals surface area contributed by atoms with Gasteiger partial charge in [0.05, 0.1) is 25.4 Å². The van der Waals surface area contributed by atoms with Crippen LogP contribution in [0.1, 0.15) is 245 Å². The zero-order chi connectivity index (χ0) is 47.3. The van der Waals surface area contributed by atoms with Gasteiger partial charge in [-0.25, -0.2) is 0 Å². The first-order valence-corrected chi connectivity index (χ1v) is 27.4. The lowest BCUT2D eigenvalue weighted by Crippen LogP contribution is -2.60. The van der Waals surface area contributed by atoms with Crippen LogP contribution in [0.4, 0.5) is 0 Å². The molecule has 0 spiro atoms. The van der Waals surface area contributed by atoms with Gasteiger partial charge in [-0.05, 0) is 70.6 Å². The zero-order valence-corrected chi connectivity index (χ0v) is 42.0. The second kappa shape index (κ2) is 45.9. The van der Waals surface area contributed by atoms with Crippen LogP contribution in [-0.2, 0) is 14.3 Å². The van der Waals surface area contributed by atoms with Crippen LogP contribution in [0, 0.1) is 0 Å². The zero-order valence-electron chi connectivity index (χ0n) is 42.0. The number of hydrogen-bond donors (Lipinski definition) is 6. The van der Waals surface area contributed by atoms with Crippen molar-refractivity contribution in [1.82, 2.24) is 5.32 Å². The van der Waals surface area contributed by atoms with Gasteiger partial charge in [-0.3, -0.25) is 4.79 Å². The van der Waals surface area contributed by atoms with E-state index in [-0.39, 0.29) is 12.5 Å². The van der Waals surface area contributed by atoms with Gasteiger partial charge in [0, 0.05) is 6.42 Å². The molecule has 7 unspecified atom stereocenters. The molecule has 9 heteroatoms. The van der Waals surface area contributed by atoms with Crippen LogP contribution in [0.25, 0.3) is 0 Å². The van der Waals surface area contributed by atoms with E-state index in [2.05, 4.69) is 55.6 Å². The molecule has 9 nitrogen and oxygen atoms in total. The molecular weight excluding hydrogens is 815 g/mol. The summed E-state index contributed by atoms with van der Waals surface area (Å²) in [6.45, 7) is 3.77. The molecule has 0 aromatic carbocycles. The highest BCUT2D eigenvalue weighted by atomic mass is 16.7. The number of hydrogen-bond acceptors (Lipinski definition) is 8. The average Bonchev–Trinajstić information content (AvgIpc) is 3.31. The molecule has 0 saturated carbocycles. The van der Waals surface area contributed by atoms with E-state index < -0.39 is 49.5 Å². The van der Waals surface area contributed by atoms with Gasteiger partial charge in [0.15, 0.2) is 6.29 Å². The molecule has 0 aliphatic carbocycles. The fourth-order valence-electron chi connectivity index (χ4n) is 8.48. The lowest BCUT2D eigenvalue weighted by atomic mass is 9.99. The smallest absolute Gasteiger partial charge is 0.220 e. The molecule has 380 valence electrons. The van der Waals surface area contributed by atoms with Crippen LogP contribution in [0.15, 0.2) is 48.6 Å². The van der Waals surface area contributed by atoms with E-state index >= 15 is 0 Å². The van der Waals surface area contributed by atoms with Crippen molar-refractivity contribution >= 4 is 5.91 Å². The SMILES string of the molecule is CCCCCCCCCCC/C=C/CC/C=C/CC/C=C/C(O)C(COC1OC(CO)C(O)C(O)C1O)NC(=O)CCCCCCCCC/C=C\CCCCCCCCCCCCCC. The number of amides is 1. The third kappa shape index (κ3) is 35.9. The van der Waals surface area contributed by atoms with Gasteiger partial charge in [-0.1, -0.05) is 217 Å². The second-order valence-electron chi connectivity index (χ2n) is 19.0. The number of rotatable bonds is 46. The van der Waals surface area contributed by atoms with Gasteiger partial charge in [-0.15, -0.1) is 0 Å². The molecule has 1 rings (SSSR count). The maximum absolute atomic E-state index is 13.0. The fourth-order valence-corrected chi connectivity index (χ4v) is 8.48. The van der Waals surface area contributed by atoms with Crippen molar-refractivity contribution in [3.63, 3.8) is 0 Å². The quantitative estimate of drug-likeness (QED) is 0.0261.